The number of nitrogens with zero attached hydrogens (tertiary/aromatic N) is 2. The summed E-state index contributed by atoms with van der Waals surface area (Å²) in [6.07, 6.45) is 0. The molecule has 0 spiro atoms. The van der Waals surface area contributed by atoms with Crippen LogP contribution >= 0.6 is 23.4 Å². The lowest BCUT2D eigenvalue weighted by atomic mass is 10.1. The molecule has 0 aliphatic carbocycles. The van der Waals surface area contributed by atoms with E-state index < -0.39 is 0 Å². The summed E-state index contributed by atoms with van der Waals surface area (Å²) >= 11 is 7.31. The molecule has 1 aromatic heterocycles. The smallest absolute Gasteiger partial charge is 0.230 e. The maximum atomic E-state index is 11.9. The minimum Gasteiger partial charge on any atom is -0.496 e. The average Bonchev–Trinajstić information content (AvgIpc) is 3.01. The van der Waals surface area contributed by atoms with Crippen LogP contribution in [0.4, 0.5) is 0 Å². The quantitative estimate of drug-likeness (QED) is 0.732. The fraction of sp³-hybridized carbons (Fsp3) is 0.438. The molecule has 0 fully saturated rings. The molecule has 8 heteroatoms. The number of nitrogens with one attached hydrogen (secondary N) is 2. The summed E-state index contributed by atoms with van der Waals surface area (Å²) < 4.78 is 5.31. The highest BCUT2D eigenvalue weighted by Gasteiger charge is 2.14. The highest BCUT2D eigenvalue weighted by atomic mass is 35.5. The zero-order valence-electron chi connectivity index (χ0n) is 14.1. The Bertz CT molecular complexity index is 705. The summed E-state index contributed by atoms with van der Waals surface area (Å²) in [7, 11) is 1.58. The number of rotatable bonds is 7. The second-order valence-corrected chi connectivity index (χ2v) is 7.08. The summed E-state index contributed by atoms with van der Waals surface area (Å²) in [5, 5.41) is 11.0. The SMILES string of the molecule is COc1ccc(Cl)cc1-c1nc(SCC(=O)N[C@@H](C)C(C)C)n[nH]1. The molecule has 24 heavy (non-hydrogen) atoms. The standard InChI is InChI=1S/C16H21ClN4O2S/c1-9(2)10(3)18-14(22)8-24-16-19-15(20-21-16)12-7-11(17)5-6-13(12)23-4/h5-7,9-10H,8H2,1-4H3,(H,18,22)(H,19,20,21)/t10-/m0/s1. The van der Waals surface area contributed by atoms with Crippen molar-refractivity contribution in [3.8, 4) is 17.1 Å². The molecule has 6 nitrogen and oxygen atoms in total. The van der Waals surface area contributed by atoms with Gasteiger partial charge < -0.3 is 10.1 Å². The average molecular weight is 369 g/mol. The first kappa shape index (κ1) is 18.6. The number of carbonyl (C=O) groups is 1. The fourth-order valence-corrected chi connectivity index (χ4v) is 2.67. The molecule has 0 bridgehead atoms. The van der Waals surface area contributed by atoms with E-state index in [1.54, 1.807) is 25.3 Å². The number of methoxy groups -OCH3 is 1. The Morgan fingerprint density at radius 1 is 1.42 bits per heavy atom. The van der Waals surface area contributed by atoms with Crippen molar-refractivity contribution in [2.75, 3.05) is 12.9 Å². The topological polar surface area (TPSA) is 79.9 Å². The molecular formula is C16H21ClN4O2S. The second kappa shape index (κ2) is 8.39. The van der Waals surface area contributed by atoms with Crippen LogP contribution in [-0.2, 0) is 4.79 Å². The van der Waals surface area contributed by atoms with E-state index in [1.165, 1.54) is 11.8 Å². The largest absolute Gasteiger partial charge is 0.496 e. The number of carbonyl (C=O) groups excluding carboxylic acids is 1. The van der Waals surface area contributed by atoms with Crippen molar-refractivity contribution in [3.05, 3.63) is 23.2 Å². The Balaban J connectivity index is 2.01. The van der Waals surface area contributed by atoms with E-state index in [1.807, 2.05) is 6.92 Å². The van der Waals surface area contributed by atoms with Gasteiger partial charge in [0.15, 0.2) is 5.82 Å². The molecule has 2 rings (SSSR count). The number of H-pyrrole nitrogens is 1. The third-order valence-electron chi connectivity index (χ3n) is 3.60. The summed E-state index contributed by atoms with van der Waals surface area (Å²) in [6.45, 7) is 6.12. The van der Waals surface area contributed by atoms with Gasteiger partial charge in [-0.05, 0) is 31.0 Å². The molecule has 1 amide bonds. The Morgan fingerprint density at radius 2 is 2.17 bits per heavy atom. The number of thioether (sulfide) groups is 1. The zero-order chi connectivity index (χ0) is 17.7. The fourth-order valence-electron chi connectivity index (χ4n) is 1.89. The van der Waals surface area contributed by atoms with Gasteiger partial charge in [0.1, 0.15) is 5.75 Å². The summed E-state index contributed by atoms with van der Waals surface area (Å²) in [5.41, 5.74) is 0.724. The minimum atomic E-state index is -0.0344. The van der Waals surface area contributed by atoms with Gasteiger partial charge in [-0.2, -0.15) is 0 Å². The molecule has 1 heterocycles. The molecule has 130 valence electrons. The Labute approximate surface area is 150 Å². The molecule has 0 aliphatic rings. The molecule has 0 saturated carbocycles. The Hall–Kier alpha value is -1.73. The number of ether oxygens (including phenoxy) is 1. The van der Waals surface area contributed by atoms with Crippen molar-refractivity contribution in [3.63, 3.8) is 0 Å². The van der Waals surface area contributed by atoms with Gasteiger partial charge in [0.05, 0.1) is 18.4 Å². The predicted molar refractivity (Wildman–Crippen MR) is 96.5 cm³/mol. The van der Waals surface area contributed by atoms with Crippen LogP contribution in [0.3, 0.4) is 0 Å². The van der Waals surface area contributed by atoms with Gasteiger partial charge in [-0.25, -0.2) is 4.98 Å². The third-order valence-corrected chi connectivity index (χ3v) is 4.68. The summed E-state index contributed by atoms with van der Waals surface area (Å²) in [5.74, 6) is 1.82. The minimum absolute atomic E-state index is 0.0344. The van der Waals surface area contributed by atoms with Gasteiger partial charge >= 0.3 is 0 Å². The molecule has 2 aromatic rings. The van der Waals surface area contributed by atoms with Crippen molar-refractivity contribution >= 4 is 29.3 Å². The third kappa shape index (κ3) is 4.88. The van der Waals surface area contributed by atoms with Crippen LogP contribution < -0.4 is 10.1 Å². The Kier molecular flexibility index (Phi) is 6.51. The van der Waals surface area contributed by atoms with E-state index in [-0.39, 0.29) is 17.7 Å². The molecule has 0 aliphatic heterocycles. The normalized spacial score (nSPS) is 12.2. The first-order chi connectivity index (χ1) is 11.4. The van der Waals surface area contributed by atoms with Crippen molar-refractivity contribution < 1.29 is 9.53 Å². The molecule has 2 N–H and O–H groups in total. The maximum Gasteiger partial charge on any atom is 0.230 e. The number of hydrogen-bond acceptors (Lipinski definition) is 5. The summed E-state index contributed by atoms with van der Waals surface area (Å²) in [6, 6.07) is 5.41. The number of benzene rings is 1. The zero-order valence-corrected chi connectivity index (χ0v) is 15.7. The molecular weight excluding hydrogens is 348 g/mol. The van der Waals surface area contributed by atoms with Crippen LogP contribution in [0.1, 0.15) is 20.8 Å². The van der Waals surface area contributed by atoms with Crippen molar-refractivity contribution in [1.29, 1.82) is 0 Å². The van der Waals surface area contributed by atoms with Gasteiger partial charge in [0, 0.05) is 11.1 Å². The number of halogens is 1. The van der Waals surface area contributed by atoms with E-state index in [9.17, 15) is 4.79 Å². The van der Waals surface area contributed by atoms with Gasteiger partial charge in [0.2, 0.25) is 11.1 Å². The van der Waals surface area contributed by atoms with E-state index in [0.29, 0.717) is 27.7 Å². The second-order valence-electron chi connectivity index (χ2n) is 5.70. The van der Waals surface area contributed by atoms with Crippen LogP contribution in [-0.4, -0.2) is 40.0 Å². The molecule has 1 atom stereocenters. The first-order valence-electron chi connectivity index (χ1n) is 7.59. The molecule has 0 unspecified atom stereocenters. The summed E-state index contributed by atoms with van der Waals surface area (Å²) in [4.78, 5) is 16.3. The van der Waals surface area contributed by atoms with E-state index in [0.717, 1.165) is 5.56 Å². The lowest BCUT2D eigenvalue weighted by molar-refractivity contribution is -0.119. The first-order valence-corrected chi connectivity index (χ1v) is 8.95. The number of amides is 1. The predicted octanol–water partition coefficient (Wildman–Crippen LogP) is 3.39. The van der Waals surface area contributed by atoms with Crippen LogP contribution in [0.2, 0.25) is 5.02 Å². The monoisotopic (exact) mass is 368 g/mol. The van der Waals surface area contributed by atoms with Crippen LogP contribution in [0.5, 0.6) is 5.75 Å². The lowest BCUT2D eigenvalue weighted by Crippen LogP contribution is -2.37. The Morgan fingerprint density at radius 3 is 2.83 bits per heavy atom. The van der Waals surface area contributed by atoms with Gasteiger partial charge in [-0.15, -0.1) is 5.10 Å². The van der Waals surface area contributed by atoms with Crippen LogP contribution in [0.25, 0.3) is 11.4 Å². The molecule has 0 radical (unpaired) electrons. The lowest BCUT2D eigenvalue weighted by Gasteiger charge is -2.16. The van der Waals surface area contributed by atoms with Gasteiger partial charge in [-0.3, -0.25) is 9.89 Å². The van der Waals surface area contributed by atoms with E-state index in [2.05, 4.69) is 34.3 Å². The van der Waals surface area contributed by atoms with Crippen LogP contribution in [0, 0.1) is 5.92 Å². The number of aromatic amines is 1. The maximum absolute atomic E-state index is 11.9. The highest BCUT2D eigenvalue weighted by molar-refractivity contribution is 7.99. The van der Waals surface area contributed by atoms with E-state index >= 15 is 0 Å². The molecule has 0 saturated heterocycles. The van der Waals surface area contributed by atoms with Crippen molar-refractivity contribution in [2.24, 2.45) is 5.92 Å². The molecule has 1 aromatic carbocycles. The number of hydrogen-bond donors (Lipinski definition) is 2. The van der Waals surface area contributed by atoms with Gasteiger partial charge in [0.25, 0.3) is 0 Å². The van der Waals surface area contributed by atoms with E-state index in [4.69, 9.17) is 16.3 Å². The van der Waals surface area contributed by atoms with Crippen LogP contribution in [0.15, 0.2) is 23.4 Å². The highest BCUT2D eigenvalue weighted by Crippen LogP contribution is 2.31. The number of aromatic nitrogens is 3. The van der Waals surface area contributed by atoms with Crippen molar-refractivity contribution in [1.82, 2.24) is 20.5 Å². The van der Waals surface area contributed by atoms with Gasteiger partial charge in [-0.1, -0.05) is 37.2 Å². The van der Waals surface area contributed by atoms with Crippen molar-refractivity contribution in [2.45, 2.75) is 32.0 Å².